The maximum atomic E-state index is 12.3. The summed E-state index contributed by atoms with van der Waals surface area (Å²) in [6.45, 7) is 9.80. The van der Waals surface area contributed by atoms with E-state index in [0.717, 1.165) is 35.7 Å². The number of nitrogens with zero attached hydrogens (tertiary/aromatic N) is 3. The predicted octanol–water partition coefficient (Wildman–Crippen LogP) is 3.19. The van der Waals surface area contributed by atoms with E-state index < -0.39 is 0 Å². The van der Waals surface area contributed by atoms with Crippen LogP contribution in [0.25, 0.3) is 0 Å². The number of carbonyl (C=O) groups is 1. The first-order valence-electron chi connectivity index (χ1n) is 7.50. The second kappa shape index (κ2) is 7.02. The summed E-state index contributed by atoms with van der Waals surface area (Å²) >= 11 is 0. The molecule has 1 aromatic heterocycles. The topological polar surface area (TPSA) is 58.1 Å². The molecule has 1 heterocycles. The second-order valence-corrected chi connectivity index (χ2v) is 5.20. The van der Waals surface area contributed by atoms with Crippen molar-refractivity contribution < 1.29 is 4.79 Å². The molecule has 2 rings (SSSR count). The Morgan fingerprint density at radius 1 is 1.14 bits per heavy atom. The van der Waals surface area contributed by atoms with Gasteiger partial charge in [0.2, 0.25) is 0 Å². The van der Waals surface area contributed by atoms with Gasteiger partial charge in [-0.05, 0) is 44.9 Å². The fourth-order valence-electron chi connectivity index (χ4n) is 2.21. The molecule has 0 aliphatic rings. The highest BCUT2D eigenvalue weighted by molar-refractivity contribution is 6.03. The molecule has 0 atom stereocenters. The van der Waals surface area contributed by atoms with E-state index in [9.17, 15) is 4.79 Å². The molecule has 0 fully saturated rings. The van der Waals surface area contributed by atoms with Gasteiger partial charge in [0.15, 0.2) is 0 Å². The first-order valence-corrected chi connectivity index (χ1v) is 7.50. The van der Waals surface area contributed by atoms with E-state index in [1.807, 2.05) is 32.0 Å². The molecular formula is C17H22N4O. The Kier molecular flexibility index (Phi) is 5.09. The van der Waals surface area contributed by atoms with Crippen molar-refractivity contribution in [3.05, 3.63) is 47.4 Å². The molecule has 0 spiro atoms. The lowest BCUT2D eigenvalue weighted by Gasteiger charge is -2.19. The van der Waals surface area contributed by atoms with Crippen LogP contribution in [0.3, 0.4) is 0 Å². The van der Waals surface area contributed by atoms with E-state index in [-0.39, 0.29) is 5.91 Å². The van der Waals surface area contributed by atoms with Crippen LogP contribution in [0.2, 0.25) is 0 Å². The number of benzene rings is 1. The highest BCUT2D eigenvalue weighted by Gasteiger charge is 2.11. The molecule has 1 amide bonds. The van der Waals surface area contributed by atoms with Crippen LogP contribution in [-0.4, -0.2) is 29.0 Å². The lowest BCUT2D eigenvalue weighted by molar-refractivity contribution is 0.102. The third-order valence-electron chi connectivity index (χ3n) is 3.60. The van der Waals surface area contributed by atoms with Gasteiger partial charge in [-0.25, -0.2) is 9.97 Å². The zero-order chi connectivity index (χ0) is 16.1. The summed E-state index contributed by atoms with van der Waals surface area (Å²) in [5, 5.41) is 2.89. The Labute approximate surface area is 131 Å². The summed E-state index contributed by atoms with van der Waals surface area (Å²) in [7, 11) is 0. The Morgan fingerprint density at radius 3 is 2.45 bits per heavy atom. The normalized spacial score (nSPS) is 10.4. The van der Waals surface area contributed by atoms with Crippen molar-refractivity contribution in [3.8, 4) is 0 Å². The molecule has 5 nitrogen and oxygen atoms in total. The minimum Gasteiger partial charge on any atom is -0.356 e. The van der Waals surface area contributed by atoms with Crippen molar-refractivity contribution in [1.82, 2.24) is 9.97 Å². The Bertz CT molecular complexity index is 648. The molecule has 0 aliphatic carbocycles. The van der Waals surface area contributed by atoms with Gasteiger partial charge >= 0.3 is 0 Å². The van der Waals surface area contributed by atoms with E-state index in [4.69, 9.17) is 0 Å². The fraction of sp³-hybridized carbons (Fsp3) is 0.353. The van der Waals surface area contributed by atoms with E-state index >= 15 is 0 Å². The van der Waals surface area contributed by atoms with Crippen molar-refractivity contribution in [2.45, 2.75) is 27.7 Å². The van der Waals surface area contributed by atoms with Gasteiger partial charge in [-0.15, -0.1) is 0 Å². The monoisotopic (exact) mass is 298 g/mol. The molecule has 1 N–H and O–H groups in total. The quantitative estimate of drug-likeness (QED) is 0.921. The van der Waals surface area contributed by atoms with Crippen LogP contribution in [0.4, 0.5) is 11.5 Å². The van der Waals surface area contributed by atoms with Crippen molar-refractivity contribution in [3.63, 3.8) is 0 Å². The molecule has 1 aromatic carbocycles. The Balaban J connectivity index is 2.14. The number of anilines is 2. The molecule has 116 valence electrons. The summed E-state index contributed by atoms with van der Waals surface area (Å²) in [6.07, 6.45) is 3.17. The van der Waals surface area contributed by atoms with Gasteiger partial charge in [0, 0.05) is 18.8 Å². The SMILES string of the molecule is CCN(CC)c1cnc(C(=O)Nc2cc(C)ccc2C)cn1. The van der Waals surface area contributed by atoms with Gasteiger partial charge in [0.25, 0.3) is 5.91 Å². The minimum absolute atomic E-state index is 0.243. The molecule has 0 radical (unpaired) electrons. The summed E-state index contributed by atoms with van der Waals surface area (Å²) in [5.74, 6) is 0.542. The maximum Gasteiger partial charge on any atom is 0.275 e. The van der Waals surface area contributed by atoms with Crippen LogP contribution < -0.4 is 10.2 Å². The first-order chi connectivity index (χ1) is 10.5. The van der Waals surface area contributed by atoms with Crippen LogP contribution in [-0.2, 0) is 0 Å². The van der Waals surface area contributed by atoms with E-state index in [0.29, 0.717) is 5.69 Å². The average molecular weight is 298 g/mol. The zero-order valence-corrected chi connectivity index (χ0v) is 13.6. The number of aromatic nitrogens is 2. The first kappa shape index (κ1) is 15.9. The maximum absolute atomic E-state index is 12.3. The molecule has 0 saturated heterocycles. The standard InChI is InChI=1S/C17H22N4O/c1-5-21(6-2)16-11-18-15(10-19-16)17(22)20-14-9-12(3)7-8-13(14)4/h7-11H,5-6H2,1-4H3,(H,20,22). The zero-order valence-electron chi connectivity index (χ0n) is 13.6. The molecule has 22 heavy (non-hydrogen) atoms. The minimum atomic E-state index is -0.243. The van der Waals surface area contributed by atoms with Gasteiger partial charge < -0.3 is 10.2 Å². The highest BCUT2D eigenvalue weighted by atomic mass is 16.1. The van der Waals surface area contributed by atoms with E-state index in [2.05, 4.69) is 34.0 Å². The number of amides is 1. The lowest BCUT2D eigenvalue weighted by atomic mass is 10.1. The number of hydrogen-bond donors (Lipinski definition) is 1. The summed E-state index contributed by atoms with van der Waals surface area (Å²) < 4.78 is 0. The van der Waals surface area contributed by atoms with Gasteiger partial charge in [-0.3, -0.25) is 4.79 Å². The smallest absolute Gasteiger partial charge is 0.275 e. The third-order valence-corrected chi connectivity index (χ3v) is 3.60. The number of rotatable bonds is 5. The van der Waals surface area contributed by atoms with Crippen LogP contribution in [0.1, 0.15) is 35.5 Å². The van der Waals surface area contributed by atoms with Gasteiger partial charge in [-0.2, -0.15) is 0 Å². The van der Waals surface area contributed by atoms with Crippen molar-refractivity contribution >= 4 is 17.4 Å². The second-order valence-electron chi connectivity index (χ2n) is 5.20. The molecule has 0 unspecified atom stereocenters. The average Bonchev–Trinajstić information content (AvgIpc) is 2.53. The third kappa shape index (κ3) is 3.61. The molecule has 0 saturated carbocycles. The van der Waals surface area contributed by atoms with Gasteiger partial charge in [0.1, 0.15) is 11.5 Å². The highest BCUT2D eigenvalue weighted by Crippen LogP contribution is 2.17. The lowest BCUT2D eigenvalue weighted by Crippen LogP contribution is -2.23. The van der Waals surface area contributed by atoms with Crippen LogP contribution in [0.5, 0.6) is 0 Å². The number of hydrogen-bond acceptors (Lipinski definition) is 4. The number of aryl methyl sites for hydroxylation is 2. The summed E-state index contributed by atoms with van der Waals surface area (Å²) in [5.41, 5.74) is 3.24. The fourth-order valence-corrected chi connectivity index (χ4v) is 2.21. The van der Waals surface area contributed by atoms with Crippen LogP contribution >= 0.6 is 0 Å². The number of carbonyl (C=O) groups excluding carboxylic acids is 1. The Morgan fingerprint density at radius 2 is 1.86 bits per heavy atom. The Hall–Kier alpha value is -2.43. The van der Waals surface area contributed by atoms with Crippen molar-refractivity contribution in [2.24, 2.45) is 0 Å². The van der Waals surface area contributed by atoms with Crippen molar-refractivity contribution in [1.29, 1.82) is 0 Å². The summed E-state index contributed by atoms with van der Waals surface area (Å²) in [4.78, 5) is 22.9. The summed E-state index contributed by atoms with van der Waals surface area (Å²) in [6, 6.07) is 5.95. The molecule has 0 bridgehead atoms. The molecule has 5 heteroatoms. The van der Waals surface area contributed by atoms with E-state index in [1.165, 1.54) is 6.20 Å². The molecule has 2 aromatic rings. The van der Waals surface area contributed by atoms with Gasteiger partial charge in [0.05, 0.1) is 12.4 Å². The number of nitrogens with one attached hydrogen (secondary N) is 1. The largest absolute Gasteiger partial charge is 0.356 e. The van der Waals surface area contributed by atoms with E-state index in [1.54, 1.807) is 6.20 Å². The van der Waals surface area contributed by atoms with Crippen molar-refractivity contribution in [2.75, 3.05) is 23.3 Å². The molecule has 0 aliphatic heterocycles. The van der Waals surface area contributed by atoms with Gasteiger partial charge in [-0.1, -0.05) is 12.1 Å². The van der Waals surface area contributed by atoms with Crippen LogP contribution in [0.15, 0.2) is 30.6 Å². The molecular weight excluding hydrogens is 276 g/mol. The predicted molar refractivity (Wildman–Crippen MR) is 89.5 cm³/mol. The van der Waals surface area contributed by atoms with Crippen LogP contribution in [0, 0.1) is 13.8 Å².